The minimum absolute atomic E-state index is 0.000168. The van der Waals surface area contributed by atoms with E-state index >= 15 is 0 Å². The van der Waals surface area contributed by atoms with E-state index in [2.05, 4.69) is 33.6 Å². The highest BCUT2D eigenvalue weighted by molar-refractivity contribution is 7.80. The van der Waals surface area contributed by atoms with Crippen molar-refractivity contribution in [2.45, 2.75) is 57.3 Å². The van der Waals surface area contributed by atoms with Crippen molar-refractivity contribution < 1.29 is 29.4 Å². The predicted octanol–water partition coefficient (Wildman–Crippen LogP) is -1.56. The summed E-state index contributed by atoms with van der Waals surface area (Å²) >= 11 is 3.95. The van der Waals surface area contributed by atoms with Gasteiger partial charge in [0.1, 0.15) is 23.9 Å². The van der Waals surface area contributed by atoms with E-state index in [0.29, 0.717) is 18.5 Å². The van der Waals surface area contributed by atoms with Gasteiger partial charge in [0.2, 0.25) is 17.7 Å². The molecule has 206 valence electrons. The number of phenols is 1. The number of carbonyl (C=O) groups excluding carboxylic acids is 3. The van der Waals surface area contributed by atoms with Crippen molar-refractivity contribution in [3.05, 3.63) is 29.8 Å². The number of thiol groups is 1. The van der Waals surface area contributed by atoms with Crippen molar-refractivity contribution in [2.24, 2.45) is 28.1 Å². The quantitative estimate of drug-likeness (QED) is 0.0541. The van der Waals surface area contributed by atoms with Crippen LogP contribution in [0.1, 0.15) is 32.3 Å². The van der Waals surface area contributed by atoms with Crippen molar-refractivity contribution in [1.82, 2.24) is 16.0 Å². The summed E-state index contributed by atoms with van der Waals surface area (Å²) in [5, 5.41) is 26.4. The molecule has 1 aromatic carbocycles. The molecule has 0 spiro atoms. The van der Waals surface area contributed by atoms with Crippen LogP contribution in [0.2, 0.25) is 0 Å². The van der Waals surface area contributed by atoms with E-state index in [1.165, 1.54) is 12.1 Å². The lowest BCUT2D eigenvalue weighted by Crippen LogP contribution is -2.59. The lowest BCUT2D eigenvalue weighted by Gasteiger charge is -2.27. The lowest BCUT2D eigenvalue weighted by molar-refractivity contribution is -0.141. The zero-order valence-corrected chi connectivity index (χ0v) is 21.8. The molecular formula is C23H37N7O6S. The van der Waals surface area contributed by atoms with Crippen LogP contribution in [0.5, 0.6) is 5.75 Å². The molecular weight excluding hydrogens is 502 g/mol. The highest BCUT2D eigenvalue weighted by Gasteiger charge is 2.31. The summed E-state index contributed by atoms with van der Waals surface area (Å²) in [4.78, 5) is 53.9. The number of carboxylic acid groups (broad SMARTS) is 1. The summed E-state index contributed by atoms with van der Waals surface area (Å²) in [6.45, 7) is 3.73. The molecule has 0 aliphatic heterocycles. The van der Waals surface area contributed by atoms with Gasteiger partial charge in [0.25, 0.3) is 0 Å². The minimum Gasteiger partial charge on any atom is -0.508 e. The number of hydrogen-bond donors (Lipinski definition) is 9. The molecule has 1 rings (SSSR count). The molecule has 11 N–H and O–H groups in total. The van der Waals surface area contributed by atoms with Gasteiger partial charge in [-0.2, -0.15) is 12.6 Å². The molecule has 4 atom stereocenters. The Bertz CT molecular complexity index is 953. The van der Waals surface area contributed by atoms with Crippen LogP contribution < -0.4 is 33.2 Å². The van der Waals surface area contributed by atoms with Gasteiger partial charge in [-0.15, -0.1) is 0 Å². The first kappa shape index (κ1) is 31.5. The number of aliphatic imine (C=N–C) groups is 1. The van der Waals surface area contributed by atoms with Crippen LogP contribution in [0, 0.1) is 5.92 Å². The Labute approximate surface area is 221 Å². The molecule has 0 aromatic heterocycles. The van der Waals surface area contributed by atoms with E-state index in [9.17, 15) is 29.4 Å². The zero-order chi connectivity index (χ0) is 28.1. The maximum atomic E-state index is 13.2. The van der Waals surface area contributed by atoms with Gasteiger partial charge in [0.15, 0.2) is 5.96 Å². The molecule has 0 heterocycles. The molecule has 0 saturated heterocycles. The number of amides is 3. The first-order valence-electron chi connectivity index (χ1n) is 11.7. The van der Waals surface area contributed by atoms with E-state index in [0.717, 1.165) is 0 Å². The second kappa shape index (κ2) is 15.6. The van der Waals surface area contributed by atoms with Crippen LogP contribution in [0.4, 0.5) is 0 Å². The topological polar surface area (TPSA) is 235 Å². The van der Waals surface area contributed by atoms with Crippen LogP contribution >= 0.6 is 12.6 Å². The fraction of sp³-hybridized carbons (Fsp3) is 0.522. The lowest BCUT2D eigenvalue weighted by atomic mass is 10.00. The van der Waals surface area contributed by atoms with E-state index in [1.54, 1.807) is 26.0 Å². The van der Waals surface area contributed by atoms with Gasteiger partial charge in [-0.1, -0.05) is 26.0 Å². The molecule has 37 heavy (non-hydrogen) atoms. The van der Waals surface area contributed by atoms with E-state index in [-0.39, 0.29) is 36.2 Å². The van der Waals surface area contributed by atoms with E-state index < -0.39 is 47.9 Å². The molecule has 14 heteroatoms. The fourth-order valence-corrected chi connectivity index (χ4v) is 3.49. The standard InChI is InChI=1S/C23H37N7O6S/c1-12(2)18(30-19(32)15(24)4-3-9-27-23(25)26)21(34)28-16(10-13-5-7-14(31)8-6-13)20(33)29-17(11-37)22(35)36/h5-8,12,15-18,31,37H,3-4,9-11,24H2,1-2H3,(H,28,34)(H,29,33)(H,30,32)(H,35,36)(H4,25,26,27). The Hall–Kier alpha value is -3.52. The normalized spacial score (nSPS) is 14.1. The second-order valence-corrected chi connectivity index (χ2v) is 9.16. The van der Waals surface area contributed by atoms with Gasteiger partial charge in [0, 0.05) is 18.7 Å². The number of benzene rings is 1. The van der Waals surface area contributed by atoms with Crippen LogP contribution in [-0.2, 0) is 25.6 Å². The largest absolute Gasteiger partial charge is 0.508 e. The Balaban J connectivity index is 2.99. The van der Waals surface area contributed by atoms with Crippen LogP contribution in [-0.4, -0.2) is 76.3 Å². The number of aromatic hydroxyl groups is 1. The van der Waals surface area contributed by atoms with Crippen molar-refractivity contribution in [3.8, 4) is 5.75 Å². The number of carboxylic acids is 1. The third-order valence-corrected chi connectivity index (χ3v) is 5.72. The number of nitrogens with one attached hydrogen (secondary N) is 3. The monoisotopic (exact) mass is 539 g/mol. The van der Waals surface area contributed by atoms with Crippen molar-refractivity contribution in [3.63, 3.8) is 0 Å². The van der Waals surface area contributed by atoms with Crippen LogP contribution in [0.3, 0.4) is 0 Å². The summed E-state index contributed by atoms with van der Waals surface area (Å²) in [5.74, 6) is -3.79. The summed E-state index contributed by atoms with van der Waals surface area (Å²) < 4.78 is 0. The van der Waals surface area contributed by atoms with Crippen molar-refractivity contribution in [2.75, 3.05) is 12.3 Å². The van der Waals surface area contributed by atoms with Gasteiger partial charge in [-0.3, -0.25) is 19.4 Å². The van der Waals surface area contributed by atoms with Crippen LogP contribution in [0.15, 0.2) is 29.3 Å². The second-order valence-electron chi connectivity index (χ2n) is 8.80. The summed E-state index contributed by atoms with van der Waals surface area (Å²) in [6.07, 6.45) is 0.733. The highest BCUT2D eigenvalue weighted by Crippen LogP contribution is 2.12. The van der Waals surface area contributed by atoms with Gasteiger partial charge < -0.3 is 43.4 Å². The number of rotatable bonds is 15. The number of nitrogens with two attached hydrogens (primary N) is 3. The molecule has 4 unspecified atom stereocenters. The Morgan fingerprint density at radius 1 is 0.973 bits per heavy atom. The van der Waals surface area contributed by atoms with Crippen LogP contribution in [0.25, 0.3) is 0 Å². The highest BCUT2D eigenvalue weighted by atomic mass is 32.1. The van der Waals surface area contributed by atoms with Crippen molar-refractivity contribution in [1.29, 1.82) is 0 Å². The van der Waals surface area contributed by atoms with E-state index in [1.807, 2.05) is 0 Å². The third-order valence-electron chi connectivity index (χ3n) is 5.36. The molecule has 0 radical (unpaired) electrons. The van der Waals surface area contributed by atoms with Crippen molar-refractivity contribution >= 4 is 42.3 Å². The smallest absolute Gasteiger partial charge is 0.327 e. The Kier molecular flexibility index (Phi) is 13.3. The molecule has 13 nitrogen and oxygen atoms in total. The molecule has 0 saturated carbocycles. The Morgan fingerprint density at radius 2 is 1.57 bits per heavy atom. The minimum atomic E-state index is -1.28. The third kappa shape index (κ3) is 11.4. The number of carbonyl (C=O) groups is 4. The maximum Gasteiger partial charge on any atom is 0.327 e. The van der Waals surface area contributed by atoms with Gasteiger partial charge in [0.05, 0.1) is 6.04 Å². The zero-order valence-electron chi connectivity index (χ0n) is 20.9. The molecule has 0 aliphatic carbocycles. The molecule has 1 aromatic rings. The van der Waals surface area contributed by atoms with Gasteiger partial charge in [-0.05, 0) is 36.5 Å². The number of hydrogen-bond acceptors (Lipinski definition) is 8. The number of phenolic OH excluding ortho intramolecular Hbond substituents is 1. The fourth-order valence-electron chi connectivity index (χ4n) is 3.24. The number of aliphatic carboxylic acids is 1. The average Bonchev–Trinajstić information content (AvgIpc) is 2.83. The van der Waals surface area contributed by atoms with E-state index in [4.69, 9.17) is 17.2 Å². The van der Waals surface area contributed by atoms with Gasteiger partial charge >= 0.3 is 5.97 Å². The molecule has 0 fully saturated rings. The first-order chi connectivity index (χ1) is 17.3. The van der Waals surface area contributed by atoms with Gasteiger partial charge in [-0.25, -0.2) is 4.79 Å². The molecule has 0 aliphatic rings. The summed E-state index contributed by atoms with van der Waals surface area (Å²) in [7, 11) is 0. The summed E-state index contributed by atoms with van der Waals surface area (Å²) in [5.41, 5.74) is 17.1. The molecule has 3 amide bonds. The predicted molar refractivity (Wildman–Crippen MR) is 142 cm³/mol. The number of guanidine groups is 1. The Morgan fingerprint density at radius 3 is 2.08 bits per heavy atom. The SMILES string of the molecule is CC(C)C(NC(=O)C(N)CCCN=C(N)N)C(=O)NC(Cc1ccc(O)cc1)C(=O)NC(CS)C(=O)O. The maximum absolute atomic E-state index is 13.2. The number of nitrogens with zero attached hydrogens (tertiary/aromatic N) is 1. The summed E-state index contributed by atoms with van der Waals surface area (Å²) in [6, 6.07) is 1.60. The average molecular weight is 540 g/mol. The molecule has 0 bridgehead atoms. The first-order valence-corrected chi connectivity index (χ1v) is 12.3.